The lowest BCUT2D eigenvalue weighted by Crippen LogP contribution is -2.40. The summed E-state index contributed by atoms with van der Waals surface area (Å²) in [6.45, 7) is 0. The fourth-order valence-corrected chi connectivity index (χ4v) is 5.66. The van der Waals surface area contributed by atoms with Crippen LogP contribution in [0.5, 0.6) is 0 Å². The van der Waals surface area contributed by atoms with Gasteiger partial charge in [-0.3, -0.25) is 0 Å². The molecule has 3 aliphatic carbocycles. The van der Waals surface area contributed by atoms with Crippen molar-refractivity contribution >= 4 is 0 Å². The van der Waals surface area contributed by atoms with Gasteiger partial charge in [0, 0.05) is 0 Å². The van der Waals surface area contributed by atoms with E-state index in [0.29, 0.717) is 12.2 Å². The molecule has 4 rings (SSSR count). The Balaban J connectivity index is 1.59. The molecule has 6 atom stereocenters. The van der Waals surface area contributed by atoms with Gasteiger partial charge in [-0.2, -0.15) is 0 Å². The van der Waals surface area contributed by atoms with Crippen LogP contribution in [0.3, 0.4) is 0 Å². The molecule has 0 N–H and O–H groups in total. The highest BCUT2D eigenvalue weighted by atomic mass is 16.5. The summed E-state index contributed by atoms with van der Waals surface area (Å²) in [7, 11) is 0. The minimum Gasteiger partial charge on any atom is -0.374 e. The predicted octanol–water partition coefficient (Wildman–Crippen LogP) is 4.16. The molecule has 1 nitrogen and oxygen atoms in total. The lowest BCUT2D eigenvalue weighted by Gasteiger charge is -2.44. The van der Waals surface area contributed by atoms with Gasteiger partial charge in [0.05, 0.1) is 12.2 Å². The first-order valence-electron chi connectivity index (χ1n) is 8.09. The molecular weight excluding hydrogens is 208 g/mol. The highest BCUT2D eigenvalue weighted by Crippen LogP contribution is 2.54. The fraction of sp³-hybridized carbons (Fsp3) is 1.00. The van der Waals surface area contributed by atoms with Crippen molar-refractivity contribution < 1.29 is 4.74 Å². The summed E-state index contributed by atoms with van der Waals surface area (Å²) in [5.41, 5.74) is 0. The Morgan fingerprint density at radius 2 is 1.35 bits per heavy atom. The molecule has 3 saturated carbocycles. The third-order valence-corrected chi connectivity index (χ3v) is 6.31. The molecule has 0 aromatic heterocycles. The minimum absolute atomic E-state index is 0.666. The predicted molar refractivity (Wildman–Crippen MR) is 68.8 cm³/mol. The van der Waals surface area contributed by atoms with Crippen molar-refractivity contribution in [2.75, 3.05) is 0 Å². The van der Waals surface area contributed by atoms with Gasteiger partial charge in [0.25, 0.3) is 0 Å². The summed E-state index contributed by atoms with van der Waals surface area (Å²) in [6, 6.07) is 0. The molecule has 0 bridgehead atoms. The lowest BCUT2D eigenvalue weighted by molar-refractivity contribution is -0.0210. The number of hydrogen-bond donors (Lipinski definition) is 0. The molecule has 0 amide bonds. The second-order valence-electron chi connectivity index (χ2n) is 7.02. The maximum atomic E-state index is 6.42. The molecule has 0 radical (unpaired) electrons. The summed E-state index contributed by atoms with van der Waals surface area (Å²) in [5.74, 6) is 4.06. The van der Waals surface area contributed by atoms with Gasteiger partial charge in [-0.25, -0.2) is 0 Å². The number of rotatable bonds is 0. The SMILES string of the molecule is C1CCC2C(C1)CCC1OC3CCCCC3C12. The Kier molecular flexibility index (Phi) is 2.72. The first-order chi connectivity index (χ1) is 8.43. The van der Waals surface area contributed by atoms with Crippen LogP contribution in [0.1, 0.15) is 64.2 Å². The Morgan fingerprint density at radius 3 is 2.29 bits per heavy atom. The zero-order valence-corrected chi connectivity index (χ0v) is 10.9. The first-order valence-corrected chi connectivity index (χ1v) is 8.09. The fourth-order valence-electron chi connectivity index (χ4n) is 5.66. The van der Waals surface area contributed by atoms with E-state index in [1.165, 1.54) is 64.2 Å². The van der Waals surface area contributed by atoms with E-state index in [4.69, 9.17) is 4.74 Å². The zero-order valence-electron chi connectivity index (χ0n) is 10.9. The molecule has 4 fully saturated rings. The van der Waals surface area contributed by atoms with Gasteiger partial charge < -0.3 is 4.74 Å². The van der Waals surface area contributed by atoms with Crippen LogP contribution in [0.4, 0.5) is 0 Å². The van der Waals surface area contributed by atoms with Gasteiger partial charge in [0.1, 0.15) is 0 Å². The van der Waals surface area contributed by atoms with E-state index >= 15 is 0 Å². The topological polar surface area (TPSA) is 9.23 Å². The highest BCUT2D eigenvalue weighted by Gasteiger charge is 2.52. The van der Waals surface area contributed by atoms with Crippen molar-refractivity contribution in [1.82, 2.24) is 0 Å². The molecule has 1 saturated heterocycles. The van der Waals surface area contributed by atoms with Crippen LogP contribution in [0, 0.1) is 23.7 Å². The van der Waals surface area contributed by atoms with Crippen LogP contribution in [-0.2, 0) is 4.74 Å². The normalized spacial score (nSPS) is 53.6. The quantitative estimate of drug-likeness (QED) is 0.611. The van der Waals surface area contributed by atoms with Crippen molar-refractivity contribution in [2.24, 2.45) is 23.7 Å². The van der Waals surface area contributed by atoms with E-state index in [9.17, 15) is 0 Å². The number of hydrogen-bond acceptors (Lipinski definition) is 1. The average molecular weight is 234 g/mol. The molecule has 96 valence electrons. The van der Waals surface area contributed by atoms with E-state index in [2.05, 4.69) is 0 Å². The molecule has 1 aliphatic heterocycles. The summed E-state index contributed by atoms with van der Waals surface area (Å²) in [6.07, 6.45) is 16.0. The van der Waals surface area contributed by atoms with Crippen LogP contribution in [-0.4, -0.2) is 12.2 Å². The second kappa shape index (κ2) is 4.26. The largest absolute Gasteiger partial charge is 0.374 e. The van der Waals surface area contributed by atoms with Crippen molar-refractivity contribution in [3.63, 3.8) is 0 Å². The van der Waals surface area contributed by atoms with Crippen molar-refractivity contribution in [3.8, 4) is 0 Å². The van der Waals surface area contributed by atoms with E-state index in [0.717, 1.165) is 23.7 Å². The smallest absolute Gasteiger partial charge is 0.0613 e. The second-order valence-corrected chi connectivity index (χ2v) is 7.02. The van der Waals surface area contributed by atoms with Crippen LogP contribution in [0.2, 0.25) is 0 Å². The molecular formula is C16H26O. The Hall–Kier alpha value is -0.0400. The molecule has 17 heavy (non-hydrogen) atoms. The third-order valence-electron chi connectivity index (χ3n) is 6.31. The Morgan fingerprint density at radius 1 is 0.588 bits per heavy atom. The van der Waals surface area contributed by atoms with Gasteiger partial charge in [0.2, 0.25) is 0 Å². The van der Waals surface area contributed by atoms with Crippen molar-refractivity contribution in [2.45, 2.75) is 76.4 Å². The molecule has 1 heteroatoms. The van der Waals surface area contributed by atoms with E-state index in [-0.39, 0.29) is 0 Å². The molecule has 1 heterocycles. The van der Waals surface area contributed by atoms with Gasteiger partial charge in [-0.15, -0.1) is 0 Å². The summed E-state index contributed by atoms with van der Waals surface area (Å²) < 4.78 is 6.42. The van der Waals surface area contributed by atoms with E-state index in [1.807, 2.05) is 0 Å². The summed E-state index contributed by atoms with van der Waals surface area (Å²) in [5, 5.41) is 0. The van der Waals surface area contributed by atoms with Crippen LogP contribution in [0.15, 0.2) is 0 Å². The monoisotopic (exact) mass is 234 g/mol. The maximum absolute atomic E-state index is 6.42. The molecule has 0 aromatic carbocycles. The van der Waals surface area contributed by atoms with Crippen molar-refractivity contribution in [1.29, 1.82) is 0 Å². The maximum Gasteiger partial charge on any atom is 0.0613 e. The van der Waals surface area contributed by atoms with Gasteiger partial charge >= 0.3 is 0 Å². The van der Waals surface area contributed by atoms with Gasteiger partial charge in [-0.05, 0) is 55.8 Å². The number of ether oxygens (including phenoxy) is 1. The minimum atomic E-state index is 0.666. The Bertz CT molecular complexity index is 285. The summed E-state index contributed by atoms with van der Waals surface area (Å²) >= 11 is 0. The molecule has 6 unspecified atom stereocenters. The average Bonchev–Trinajstić information content (AvgIpc) is 2.77. The van der Waals surface area contributed by atoms with E-state index < -0.39 is 0 Å². The molecule has 4 aliphatic rings. The lowest BCUT2D eigenvalue weighted by atomic mass is 9.60. The summed E-state index contributed by atoms with van der Waals surface area (Å²) in [4.78, 5) is 0. The zero-order chi connectivity index (χ0) is 11.2. The van der Waals surface area contributed by atoms with Crippen LogP contribution >= 0.6 is 0 Å². The Labute approximate surface area is 105 Å². The van der Waals surface area contributed by atoms with Crippen molar-refractivity contribution in [3.05, 3.63) is 0 Å². The first kappa shape index (κ1) is 10.8. The molecule has 0 aromatic rings. The standard InChI is InChI=1S/C16H26O/c1-2-6-12-11(5-1)9-10-15-16(12)13-7-3-4-8-14(13)17-15/h11-16H,1-10H2. The molecule has 0 spiro atoms. The highest BCUT2D eigenvalue weighted by molar-refractivity contribution is 5.00. The van der Waals surface area contributed by atoms with E-state index in [1.54, 1.807) is 0 Å². The van der Waals surface area contributed by atoms with Gasteiger partial charge in [0.15, 0.2) is 0 Å². The third kappa shape index (κ3) is 1.69. The van der Waals surface area contributed by atoms with Crippen LogP contribution in [0.25, 0.3) is 0 Å². The van der Waals surface area contributed by atoms with Crippen LogP contribution < -0.4 is 0 Å². The number of fused-ring (bicyclic) bond motifs is 5. The van der Waals surface area contributed by atoms with Gasteiger partial charge in [-0.1, -0.05) is 32.1 Å².